The molecule has 82 valence electrons. The predicted molar refractivity (Wildman–Crippen MR) is 63.3 cm³/mol. The molecule has 0 saturated heterocycles. The molecule has 0 bridgehead atoms. The van der Waals surface area contributed by atoms with Crippen LogP contribution in [0.2, 0.25) is 5.02 Å². The fourth-order valence-corrected chi connectivity index (χ4v) is 1.43. The molecular formula is C11H9ClFN3. The number of nitrogens with two attached hydrogens (primary N) is 1. The Morgan fingerprint density at radius 2 is 2.06 bits per heavy atom. The standard InChI is InChI=1S/C11H9ClFN3/c12-7-1-3-10(9(14)5-7)16-8-2-4-11(13)15-6-8/h1-6,16H,14H2. The molecule has 2 rings (SSSR count). The van der Waals surface area contributed by atoms with Crippen molar-refractivity contribution >= 4 is 28.7 Å². The minimum absolute atomic E-state index is 0.519. The monoisotopic (exact) mass is 237 g/mol. The first-order valence-corrected chi connectivity index (χ1v) is 4.96. The van der Waals surface area contributed by atoms with E-state index in [9.17, 15) is 4.39 Å². The lowest BCUT2D eigenvalue weighted by molar-refractivity contribution is 0.584. The summed E-state index contributed by atoms with van der Waals surface area (Å²) < 4.78 is 12.6. The molecule has 1 heterocycles. The van der Waals surface area contributed by atoms with Gasteiger partial charge in [-0.1, -0.05) is 11.6 Å². The van der Waals surface area contributed by atoms with Gasteiger partial charge >= 0.3 is 0 Å². The topological polar surface area (TPSA) is 50.9 Å². The summed E-state index contributed by atoms with van der Waals surface area (Å²) in [7, 11) is 0. The lowest BCUT2D eigenvalue weighted by Crippen LogP contribution is -1.96. The molecule has 0 saturated carbocycles. The fourth-order valence-electron chi connectivity index (χ4n) is 1.25. The van der Waals surface area contributed by atoms with Crippen LogP contribution in [0.3, 0.4) is 0 Å². The van der Waals surface area contributed by atoms with Crippen molar-refractivity contribution in [1.29, 1.82) is 0 Å². The Morgan fingerprint density at radius 1 is 1.25 bits per heavy atom. The number of aromatic nitrogens is 1. The van der Waals surface area contributed by atoms with Gasteiger partial charge in [-0.15, -0.1) is 0 Å². The summed E-state index contributed by atoms with van der Waals surface area (Å²) in [6.07, 6.45) is 1.39. The highest BCUT2D eigenvalue weighted by Gasteiger charge is 2.01. The zero-order valence-corrected chi connectivity index (χ0v) is 9.00. The average molecular weight is 238 g/mol. The summed E-state index contributed by atoms with van der Waals surface area (Å²) in [5.41, 5.74) is 7.65. The van der Waals surface area contributed by atoms with Crippen LogP contribution in [-0.4, -0.2) is 4.98 Å². The van der Waals surface area contributed by atoms with E-state index in [1.165, 1.54) is 12.3 Å². The van der Waals surface area contributed by atoms with Crippen molar-refractivity contribution in [3.63, 3.8) is 0 Å². The molecule has 0 radical (unpaired) electrons. The molecule has 0 fully saturated rings. The molecular weight excluding hydrogens is 229 g/mol. The highest BCUT2D eigenvalue weighted by Crippen LogP contribution is 2.25. The van der Waals surface area contributed by atoms with Gasteiger partial charge in [0.25, 0.3) is 0 Å². The van der Waals surface area contributed by atoms with Crippen molar-refractivity contribution < 1.29 is 4.39 Å². The van der Waals surface area contributed by atoms with Crippen LogP contribution in [0.1, 0.15) is 0 Å². The molecule has 0 aliphatic heterocycles. The van der Waals surface area contributed by atoms with E-state index in [1.54, 1.807) is 24.3 Å². The molecule has 0 amide bonds. The molecule has 3 nitrogen and oxygen atoms in total. The number of pyridine rings is 1. The molecule has 1 aromatic carbocycles. The number of nitrogens with zero attached hydrogens (tertiary/aromatic N) is 1. The van der Waals surface area contributed by atoms with Gasteiger partial charge in [0.2, 0.25) is 5.95 Å². The molecule has 2 aromatic rings. The second kappa shape index (κ2) is 4.37. The van der Waals surface area contributed by atoms with Crippen molar-refractivity contribution in [2.75, 3.05) is 11.1 Å². The quantitative estimate of drug-likeness (QED) is 0.623. The first-order valence-electron chi connectivity index (χ1n) is 4.59. The lowest BCUT2D eigenvalue weighted by atomic mass is 10.2. The smallest absolute Gasteiger partial charge is 0.212 e. The van der Waals surface area contributed by atoms with Crippen molar-refractivity contribution in [2.45, 2.75) is 0 Å². The Bertz CT molecular complexity index is 499. The van der Waals surface area contributed by atoms with Gasteiger partial charge in [-0.3, -0.25) is 0 Å². The number of nitrogens with one attached hydrogen (secondary N) is 1. The van der Waals surface area contributed by atoms with Crippen LogP contribution in [0.4, 0.5) is 21.5 Å². The third-order valence-corrected chi connectivity index (χ3v) is 2.26. The molecule has 0 aliphatic rings. The zero-order valence-electron chi connectivity index (χ0n) is 8.24. The maximum Gasteiger partial charge on any atom is 0.212 e. The highest BCUT2D eigenvalue weighted by molar-refractivity contribution is 6.31. The molecule has 0 spiro atoms. The van der Waals surface area contributed by atoms with E-state index in [-0.39, 0.29) is 0 Å². The first-order chi connectivity index (χ1) is 7.65. The van der Waals surface area contributed by atoms with Crippen LogP contribution >= 0.6 is 11.6 Å². The maximum absolute atomic E-state index is 12.6. The molecule has 0 aliphatic carbocycles. The largest absolute Gasteiger partial charge is 0.397 e. The second-order valence-electron chi connectivity index (χ2n) is 3.23. The molecule has 5 heteroatoms. The van der Waals surface area contributed by atoms with Crippen molar-refractivity contribution in [2.24, 2.45) is 0 Å². The Hall–Kier alpha value is -1.81. The average Bonchev–Trinajstić information content (AvgIpc) is 2.25. The molecule has 16 heavy (non-hydrogen) atoms. The zero-order chi connectivity index (χ0) is 11.5. The van der Waals surface area contributed by atoms with Crippen LogP contribution in [0.5, 0.6) is 0 Å². The van der Waals surface area contributed by atoms with Gasteiger partial charge in [-0.05, 0) is 30.3 Å². The van der Waals surface area contributed by atoms with E-state index in [0.717, 1.165) is 0 Å². The van der Waals surface area contributed by atoms with Gasteiger partial charge in [0.15, 0.2) is 0 Å². The summed E-state index contributed by atoms with van der Waals surface area (Å²) in [6.45, 7) is 0. The Labute approximate surface area is 97.1 Å². The van der Waals surface area contributed by atoms with Crippen LogP contribution in [0, 0.1) is 5.95 Å². The van der Waals surface area contributed by atoms with Gasteiger partial charge in [-0.2, -0.15) is 4.39 Å². The number of benzene rings is 1. The van der Waals surface area contributed by atoms with Crippen molar-refractivity contribution in [3.05, 3.63) is 47.5 Å². The summed E-state index contributed by atoms with van der Waals surface area (Å²) in [4.78, 5) is 3.53. The number of nitrogen functional groups attached to an aromatic ring is 1. The summed E-state index contributed by atoms with van der Waals surface area (Å²) in [5, 5.41) is 3.58. The normalized spacial score (nSPS) is 10.1. The van der Waals surface area contributed by atoms with Gasteiger partial charge in [0.1, 0.15) is 0 Å². The third kappa shape index (κ3) is 2.41. The van der Waals surface area contributed by atoms with Crippen molar-refractivity contribution in [1.82, 2.24) is 4.98 Å². The van der Waals surface area contributed by atoms with Crippen LogP contribution < -0.4 is 11.1 Å². The summed E-state index contributed by atoms with van der Waals surface area (Å²) >= 11 is 5.77. The molecule has 0 atom stereocenters. The number of rotatable bonds is 2. The Kier molecular flexibility index (Phi) is 2.92. The highest BCUT2D eigenvalue weighted by atomic mass is 35.5. The predicted octanol–water partition coefficient (Wildman–Crippen LogP) is 3.20. The van der Waals surface area contributed by atoms with Crippen molar-refractivity contribution in [3.8, 4) is 0 Å². The number of anilines is 3. The van der Waals surface area contributed by atoms with E-state index in [2.05, 4.69) is 10.3 Å². The van der Waals surface area contributed by atoms with E-state index in [1.807, 2.05) is 0 Å². The van der Waals surface area contributed by atoms with Gasteiger partial charge in [-0.25, -0.2) is 4.98 Å². The van der Waals surface area contributed by atoms with Crippen LogP contribution in [-0.2, 0) is 0 Å². The summed E-state index contributed by atoms with van der Waals surface area (Å²) in [6, 6.07) is 7.96. The first kappa shape index (κ1) is 10.7. The van der Waals surface area contributed by atoms with E-state index >= 15 is 0 Å². The Morgan fingerprint density at radius 3 is 2.69 bits per heavy atom. The van der Waals surface area contributed by atoms with Gasteiger partial charge in [0.05, 0.1) is 23.3 Å². The van der Waals surface area contributed by atoms with E-state index in [4.69, 9.17) is 17.3 Å². The van der Waals surface area contributed by atoms with E-state index < -0.39 is 5.95 Å². The lowest BCUT2D eigenvalue weighted by Gasteiger charge is -2.08. The maximum atomic E-state index is 12.6. The van der Waals surface area contributed by atoms with Crippen LogP contribution in [0.25, 0.3) is 0 Å². The van der Waals surface area contributed by atoms with E-state index in [0.29, 0.717) is 22.1 Å². The second-order valence-corrected chi connectivity index (χ2v) is 3.66. The van der Waals surface area contributed by atoms with Gasteiger partial charge in [0, 0.05) is 5.02 Å². The molecule has 3 N–H and O–H groups in total. The Balaban J connectivity index is 2.23. The third-order valence-electron chi connectivity index (χ3n) is 2.02. The van der Waals surface area contributed by atoms with Gasteiger partial charge < -0.3 is 11.1 Å². The number of hydrogen-bond donors (Lipinski definition) is 2. The fraction of sp³-hybridized carbons (Fsp3) is 0. The summed E-state index contributed by atoms with van der Waals surface area (Å²) in [5.74, 6) is -0.519. The molecule has 1 aromatic heterocycles. The molecule has 0 unspecified atom stereocenters. The van der Waals surface area contributed by atoms with Crippen LogP contribution in [0.15, 0.2) is 36.5 Å². The minimum Gasteiger partial charge on any atom is -0.397 e. The SMILES string of the molecule is Nc1cc(Cl)ccc1Nc1ccc(F)nc1. The minimum atomic E-state index is -0.519. The number of hydrogen-bond acceptors (Lipinski definition) is 3. The number of halogens is 2.